The fourth-order valence-electron chi connectivity index (χ4n) is 4.57. The van der Waals surface area contributed by atoms with Crippen LogP contribution in [0, 0.1) is 0 Å². The van der Waals surface area contributed by atoms with Crippen LogP contribution in [-0.4, -0.2) is 39.3 Å². The molecule has 0 aliphatic carbocycles. The summed E-state index contributed by atoms with van der Waals surface area (Å²) in [6.07, 6.45) is 11.3. The van der Waals surface area contributed by atoms with Crippen LogP contribution in [0.25, 0.3) is 0 Å². The van der Waals surface area contributed by atoms with Crippen LogP contribution in [0.1, 0.15) is 77.0 Å². The van der Waals surface area contributed by atoms with Crippen LogP contribution in [0.5, 0.6) is 0 Å². The molecule has 6 bridgehead atoms. The third-order valence-electron chi connectivity index (χ3n) is 6.61. The van der Waals surface area contributed by atoms with Gasteiger partial charge in [0.25, 0.3) is 0 Å². The first-order chi connectivity index (χ1) is 19.9. The number of hydrogen-bond donors (Lipinski definition) is 6. The summed E-state index contributed by atoms with van der Waals surface area (Å²) in [6, 6.07) is 0. The molecule has 0 unspecified atom stereocenters. The number of rotatable bonds is 0. The molecule has 0 spiro atoms. The molecule has 0 atom stereocenters. The molecular weight excluding hydrogens is 783 g/mol. The van der Waals surface area contributed by atoms with Gasteiger partial charge in [-0.2, -0.15) is 27.1 Å². The maximum absolute atomic E-state index is 7.04. The molecule has 0 aromatic carbocycles. The normalized spacial score (nSPS) is 43.9. The van der Waals surface area contributed by atoms with Gasteiger partial charge >= 0.3 is 0 Å². The molecule has 0 aromatic heterocycles. The number of fused-ring (bicyclic) bond motifs is 21. The van der Waals surface area contributed by atoms with E-state index < -0.39 is 40.3 Å². The van der Waals surface area contributed by atoms with Crippen molar-refractivity contribution in [1.29, 1.82) is 0 Å². The fraction of sp³-hybridized carbons (Fsp3) is 1.00. The van der Waals surface area contributed by atoms with Gasteiger partial charge in [0.05, 0.1) is 0 Å². The average molecular weight is 825 g/mol. The van der Waals surface area contributed by atoms with E-state index in [0.717, 1.165) is 77.0 Å². The summed E-state index contributed by atoms with van der Waals surface area (Å²) < 4.78 is 28.8. The molecule has 0 saturated heterocycles. The van der Waals surface area contributed by atoms with Crippen LogP contribution >= 0.6 is 108 Å². The van der Waals surface area contributed by atoms with Crippen molar-refractivity contribution in [2.75, 3.05) is 39.3 Å². The van der Waals surface area contributed by atoms with Crippen molar-refractivity contribution in [3.8, 4) is 0 Å². The Kier molecular flexibility index (Phi) is 15.3. The van der Waals surface area contributed by atoms with Crippen LogP contribution < -0.4 is 30.5 Å². The Hall–Kier alpha value is 2.88. The first-order valence-electron chi connectivity index (χ1n) is 14.4. The van der Waals surface area contributed by atoms with E-state index in [9.17, 15) is 0 Å². The Morgan fingerprint density at radius 3 is 0.548 bits per heavy atom. The average Bonchev–Trinajstić information content (AvgIpc) is 2.86. The van der Waals surface area contributed by atoms with Gasteiger partial charge < -0.3 is 0 Å². The minimum Gasteiger partial charge on any atom is -0.253 e. The van der Waals surface area contributed by atoms with Gasteiger partial charge in [-0.1, -0.05) is 38.5 Å². The molecule has 0 aromatic rings. The number of hydrogen-bond acceptors (Lipinski definition) is 12. The molecule has 0 fully saturated rings. The molecule has 24 heteroatoms. The molecule has 0 amide bonds. The molecule has 5 aliphatic rings. The number of nitrogens with zero attached hydrogens (tertiary/aromatic N) is 6. The fourth-order valence-corrected chi connectivity index (χ4v) is 34.5. The van der Waals surface area contributed by atoms with Gasteiger partial charge in [-0.15, -0.1) is 0 Å². The van der Waals surface area contributed by atoms with Crippen molar-refractivity contribution in [2.24, 2.45) is 27.1 Å². The smallest absolute Gasteiger partial charge is 0.236 e. The molecule has 5 rings (SSSR count). The van der Waals surface area contributed by atoms with Gasteiger partial charge in [0.15, 0.2) is 0 Å². The zero-order valence-corrected chi connectivity index (χ0v) is 33.3. The van der Waals surface area contributed by atoms with E-state index in [1.54, 1.807) is 0 Å². The third-order valence-corrected chi connectivity index (χ3v) is 31.2. The molecule has 0 saturated carbocycles. The molecule has 246 valence electrons. The second-order valence-electron chi connectivity index (χ2n) is 10.4. The summed E-state index contributed by atoms with van der Waals surface area (Å²) in [7, 11) is 0. The lowest BCUT2D eigenvalue weighted by Gasteiger charge is -2.29. The lowest BCUT2D eigenvalue weighted by Crippen LogP contribution is -2.16. The van der Waals surface area contributed by atoms with Crippen LogP contribution in [0.4, 0.5) is 0 Å². The summed E-state index contributed by atoms with van der Waals surface area (Å²) >= 11 is 42.2. The minimum atomic E-state index is -2.84. The lowest BCUT2D eigenvalue weighted by molar-refractivity contribution is 0.629. The monoisotopic (exact) mass is 822 g/mol. The molecule has 6 N–H and O–H groups in total. The Labute approximate surface area is 279 Å². The van der Waals surface area contributed by atoms with Gasteiger partial charge in [-0.25, -0.2) is 0 Å². The van der Waals surface area contributed by atoms with Crippen LogP contribution in [0.3, 0.4) is 0 Å². The standard InChI is InChI=1S/C18H42Cl6N12P6/c19-37-25-13-7-1-2-8-14-26-38(20)33-41(23)29-17-11-5-3-9-15-27-39(21,31-37)35-40(22,32-37)28-16-10-4-6-12-18-30-42(24,34-38)36-41/h25-30H,1-18H2. The van der Waals surface area contributed by atoms with Gasteiger partial charge in [0.2, 0.25) is 40.3 Å². The summed E-state index contributed by atoms with van der Waals surface area (Å²) in [5.74, 6) is 0. The van der Waals surface area contributed by atoms with Crippen LogP contribution in [-0.2, 0) is 0 Å². The lowest BCUT2D eigenvalue weighted by atomic mass is 10.2. The molecule has 42 heavy (non-hydrogen) atoms. The molecular formula is C18H42Cl6N12P6. The van der Waals surface area contributed by atoms with Crippen molar-refractivity contribution in [1.82, 2.24) is 30.5 Å². The zero-order valence-electron chi connectivity index (χ0n) is 23.4. The Bertz CT molecular complexity index is 1010. The third kappa shape index (κ3) is 12.4. The maximum atomic E-state index is 7.04. The van der Waals surface area contributed by atoms with Crippen LogP contribution in [0.2, 0.25) is 0 Å². The largest absolute Gasteiger partial charge is 0.253 e. The number of halogens is 6. The summed E-state index contributed by atoms with van der Waals surface area (Å²) in [5.41, 5.74) is 0. The van der Waals surface area contributed by atoms with E-state index in [4.69, 9.17) is 94.5 Å². The summed E-state index contributed by atoms with van der Waals surface area (Å²) in [6.45, 7) is -13.1. The SMILES string of the molecule is ClP12=NP3(Cl)=NP(Cl)(=N1)NCCCCCCNP1(Cl)=NP(Cl)(=NP(Cl)(=N1)NCCCCCCN3)NCCCCCCN2. The van der Waals surface area contributed by atoms with Crippen molar-refractivity contribution < 1.29 is 0 Å². The number of nitrogens with one attached hydrogen (secondary N) is 6. The molecule has 5 aliphatic heterocycles. The van der Waals surface area contributed by atoms with Crippen molar-refractivity contribution >= 4 is 108 Å². The van der Waals surface area contributed by atoms with Gasteiger partial charge in [0.1, 0.15) is 0 Å². The highest BCUT2D eigenvalue weighted by Gasteiger charge is 2.35. The zero-order chi connectivity index (χ0) is 30.2. The van der Waals surface area contributed by atoms with E-state index in [-0.39, 0.29) is 0 Å². The highest BCUT2D eigenvalue weighted by Crippen LogP contribution is 2.80. The highest BCUT2D eigenvalue weighted by atomic mass is 35.7. The van der Waals surface area contributed by atoms with E-state index in [2.05, 4.69) is 30.5 Å². The van der Waals surface area contributed by atoms with Crippen LogP contribution in [0.15, 0.2) is 27.1 Å². The van der Waals surface area contributed by atoms with Gasteiger partial charge in [-0.05, 0) is 106 Å². The summed E-state index contributed by atoms with van der Waals surface area (Å²) in [4.78, 5) is 0. The first-order valence-corrected chi connectivity index (χ1v) is 30.0. The second kappa shape index (κ2) is 17.0. The quantitative estimate of drug-likeness (QED) is 0.134. The van der Waals surface area contributed by atoms with Crippen molar-refractivity contribution in [2.45, 2.75) is 77.0 Å². The predicted octanol–water partition coefficient (Wildman–Crippen LogP) is 12.4. The molecule has 12 nitrogen and oxygen atoms in total. The Morgan fingerprint density at radius 1 is 0.262 bits per heavy atom. The second-order valence-corrected chi connectivity index (χ2v) is 31.4. The minimum absolute atomic E-state index is 0.653. The highest BCUT2D eigenvalue weighted by molar-refractivity contribution is 8.08. The molecule has 0 radical (unpaired) electrons. The van der Waals surface area contributed by atoms with Crippen molar-refractivity contribution in [3.63, 3.8) is 0 Å². The van der Waals surface area contributed by atoms with E-state index in [0.29, 0.717) is 39.3 Å². The van der Waals surface area contributed by atoms with Gasteiger partial charge in [-0.3, -0.25) is 30.5 Å². The molecule has 5 heterocycles. The topological polar surface area (TPSA) is 146 Å². The van der Waals surface area contributed by atoms with Crippen molar-refractivity contribution in [3.05, 3.63) is 0 Å². The van der Waals surface area contributed by atoms with E-state index in [1.165, 1.54) is 0 Å². The van der Waals surface area contributed by atoms with E-state index in [1.807, 2.05) is 0 Å². The van der Waals surface area contributed by atoms with Gasteiger partial charge in [0, 0.05) is 39.3 Å². The first kappa shape index (κ1) is 37.7. The Balaban J connectivity index is 1.63. The maximum Gasteiger partial charge on any atom is 0.236 e. The Morgan fingerprint density at radius 2 is 0.405 bits per heavy atom. The summed E-state index contributed by atoms with van der Waals surface area (Å²) in [5, 5.41) is 20.4. The predicted molar refractivity (Wildman–Crippen MR) is 195 cm³/mol. The van der Waals surface area contributed by atoms with E-state index >= 15 is 0 Å².